The van der Waals surface area contributed by atoms with Crippen LogP contribution in [0.2, 0.25) is 5.02 Å². The molecular formula is C17H18ClNO. The fourth-order valence-electron chi connectivity index (χ4n) is 4.30. The summed E-state index contributed by atoms with van der Waals surface area (Å²) in [6.45, 7) is 0. The number of aromatic nitrogens is 1. The van der Waals surface area contributed by atoms with Crippen molar-refractivity contribution in [2.24, 2.45) is 17.8 Å². The first-order chi connectivity index (χ1) is 9.70. The molecule has 2 nitrogen and oxygen atoms in total. The average Bonchev–Trinajstić information content (AvgIpc) is 3.11. The molecule has 0 aliphatic heterocycles. The van der Waals surface area contributed by atoms with Gasteiger partial charge >= 0.3 is 0 Å². The topological polar surface area (TPSA) is 32.9 Å². The maximum absolute atomic E-state index is 12.6. The predicted molar refractivity (Wildman–Crippen MR) is 81.2 cm³/mol. The van der Waals surface area contributed by atoms with E-state index in [1.54, 1.807) is 0 Å². The molecule has 0 amide bonds. The van der Waals surface area contributed by atoms with Crippen molar-refractivity contribution >= 4 is 28.3 Å². The van der Waals surface area contributed by atoms with E-state index in [0.29, 0.717) is 17.4 Å². The average molecular weight is 288 g/mol. The fourth-order valence-corrected chi connectivity index (χ4v) is 4.47. The second-order valence-corrected chi connectivity index (χ2v) is 6.89. The van der Waals surface area contributed by atoms with E-state index in [9.17, 15) is 4.79 Å². The number of ketones is 1. The van der Waals surface area contributed by atoms with Crippen molar-refractivity contribution in [3.8, 4) is 0 Å². The Balaban J connectivity index is 1.59. The molecule has 3 atom stereocenters. The molecule has 1 N–H and O–H groups in total. The van der Waals surface area contributed by atoms with Crippen LogP contribution in [0.3, 0.4) is 0 Å². The Hall–Kier alpha value is -1.28. The van der Waals surface area contributed by atoms with Crippen molar-refractivity contribution in [2.45, 2.75) is 32.1 Å². The highest BCUT2D eigenvalue weighted by Crippen LogP contribution is 2.49. The van der Waals surface area contributed by atoms with E-state index in [2.05, 4.69) is 4.98 Å². The number of carbonyl (C=O) groups is 1. The van der Waals surface area contributed by atoms with Crippen molar-refractivity contribution in [1.82, 2.24) is 4.98 Å². The van der Waals surface area contributed by atoms with Crippen LogP contribution in [0.5, 0.6) is 0 Å². The van der Waals surface area contributed by atoms with E-state index in [0.717, 1.165) is 28.3 Å². The molecule has 2 aliphatic carbocycles. The summed E-state index contributed by atoms with van der Waals surface area (Å²) in [5, 5.41) is 1.65. The van der Waals surface area contributed by atoms with Crippen LogP contribution >= 0.6 is 11.6 Å². The van der Waals surface area contributed by atoms with Crippen molar-refractivity contribution in [3.63, 3.8) is 0 Å². The number of nitrogens with one attached hydrogen (secondary N) is 1. The molecule has 2 aromatic rings. The molecule has 3 heteroatoms. The fraction of sp³-hybridized carbons (Fsp3) is 0.471. The number of hydrogen-bond acceptors (Lipinski definition) is 1. The maximum Gasteiger partial charge on any atom is 0.165 e. The zero-order valence-corrected chi connectivity index (χ0v) is 12.1. The van der Waals surface area contributed by atoms with Gasteiger partial charge in [0, 0.05) is 34.1 Å². The van der Waals surface area contributed by atoms with Crippen LogP contribution in [0.1, 0.15) is 42.5 Å². The molecule has 1 heterocycles. The zero-order chi connectivity index (χ0) is 13.7. The molecule has 0 spiro atoms. The third kappa shape index (κ3) is 1.98. The standard InChI is InChI=1S/C17H18ClNO/c18-13-3-4-16-14(8-13)15(9-19-16)17(20)7-12-6-10-1-2-11(12)5-10/h3-4,8-12,19H,1-2,5-7H2. The molecule has 1 aromatic carbocycles. The van der Waals surface area contributed by atoms with Crippen LogP contribution in [0.15, 0.2) is 24.4 Å². The van der Waals surface area contributed by atoms with Gasteiger partial charge < -0.3 is 4.98 Å². The summed E-state index contributed by atoms with van der Waals surface area (Å²) in [6.07, 6.45) is 7.90. The van der Waals surface area contributed by atoms with E-state index in [4.69, 9.17) is 11.6 Å². The van der Waals surface area contributed by atoms with Gasteiger partial charge in [-0.05, 0) is 55.2 Å². The Morgan fingerprint density at radius 2 is 2.20 bits per heavy atom. The lowest BCUT2D eigenvalue weighted by Crippen LogP contribution is -2.15. The largest absolute Gasteiger partial charge is 0.360 e. The second kappa shape index (κ2) is 4.63. The van der Waals surface area contributed by atoms with Gasteiger partial charge in [0.2, 0.25) is 0 Å². The smallest absolute Gasteiger partial charge is 0.165 e. The number of carbonyl (C=O) groups excluding carboxylic acids is 1. The molecule has 2 saturated carbocycles. The minimum atomic E-state index is 0.274. The SMILES string of the molecule is O=C(CC1CC2CCC1C2)c1c[nH]c2ccc(Cl)cc12. The van der Waals surface area contributed by atoms with E-state index in [1.165, 1.54) is 25.7 Å². The van der Waals surface area contributed by atoms with Gasteiger partial charge in [-0.2, -0.15) is 0 Å². The molecule has 0 saturated heterocycles. The first kappa shape index (κ1) is 12.5. The highest BCUT2D eigenvalue weighted by molar-refractivity contribution is 6.31. The Bertz CT molecular complexity index is 675. The molecule has 1 aromatic heterocycles. The third-order valence-corrected chi connectivity index (χ3v) is 5.51. The number of hydrogen-bond donors (Lipinski definition) is 1. The van der Waals surface area contributed by atoms with E-state index < -0.39 is 0 Å². The molecule has 104 valence electrons. The molecule has 20 heavy (non-hydrogen) atoms. The van der Waals surface area contributed by atoms with Crippen LogP contribution in [-0.4, -0.2) is 10.8 Å². The summed E-state index contributed by atoms with van der Waals surface area (Å²) in [5.41, 5.74) is 1.80. The summed E-state index contributed by atoms with van der Waals surface area (Å²) in [4.78, 5) is 15.8. The van der Waals surface area contributed by atoms with Gasteiger partial charge in [-0.25, -0.2) is 0 Å². The van der Waals surface area contributed by atoms with Crippen LogP contribution in [0, 0.1) is 17.8 Å². The molecule has 2 fully saturated rings. The van der Waals surface area contributed by atoms with Crippen molar-refractivity contribution in [2.75, 3.05) is 0 Å². The van der Waals surface area contributed by atoms with Crippen LogP contribution in [0.25, 0.3) is 10.9 Å². The van der Waals surface area contributed by atoms with Crippen molar-refractivity contribution in [1.29, 1.82) is 0 Å². The number of H-pyrrole nitrogens is 1. The van der Waals surface area contributed by atoms with Gasteiger partial charge in [-0.3, -0.25) is 4.79 Å². The number of benzene rings is 1. The summed E-state index contributed by atoms with van der Waals surface area (Å²) in [7, 11) is 0. The van der Waals surface area contributed by atoms with Gasteiger partial charge in [0.15, 0.2) is 5.78 Å². The van der Waals surface area contributed by atoms with Gasteiger partial charge in [0.25, 0.3) is 0 Å². The number of aromatic amines is 1. The number of Topliss-reactive ketones (excluding diaryl/α,β-unsaturated/α-hetero) is 1. The van der Waals surface area contributed by atoms with Crippen LogP contribution in [0.4, 0.5) is 0 Å². The third-order valence-electron chi connectivity index (χ3n) is 5.28. The van der Waals surface area contributed by atoms with Crippen LogP contribution in [-0.2, 0) is 0 Å². The van der Waals surface area contributed by atoms with E-state index in [1.807, 2.05) is 24.4 Å². The molecular weight excluding hydrogens is 270 g/mol. The Labute approximate surface area is 123 Å². The van der Waals surface area contributed by atoms with Gasteiger partial charge in [0.1, 0.15) is 0 Å². The Morgan fingerprint density at radius 3 is 2.95 bits per heavy atom. The number of halogens is 1. The number of rotatable bonds is 3. The second-order valence-electron chi connectivity index (χ2n) is 6.45. The summed E-state index contributed by atoms with van der Waals surface area (Å²) in [6, 6.07) is 5.68. The minimum Gasteiger partial charge on any atom is -0.360 e. The van der Waals surface area contributed by atoms with Crippen LogP contribution < -0.4 is 0 Å². The monoisotopic (exact) mass is 287 g/mol. The zero-order valence-electron chi connectivity index (χ0n) is 11.4. The number of fused-ring (bicyclic) bond motifs is 3. The highest BCUT2D eigenvalue weighted by Gasteiger charge is 2.40. The van der Waals surface area contributed by atoms with Crippen molar-refractivity contribution < 1.29 is 4.79 Å². The molecule has 2 aliphatic rings. The Kier molecular flexibility index (Phi) is 2.88. The molecule has 0 radical (unpaired) electrons. The van der Waals surface area contributed by atoms with E-state index >= 15 is 0 Å². The predicted octanol–water partition coefficient (Wildman–Crippen LogP) is 4.83. The van der Waals surface area contributed by atoms with Gasteiger partial charge in [0.05, 0.1) is 0 Å². The lowest BCUT2D eigenvalue weighted by atomic mass is 9.84. The lowest BCUT2D eigenvalue weighted by molar-refractivity contribution is 0.0946. The van der Waals surface area contributed by atoms with Gasteiger partial charge in [-0.15, -0.1) is 0 Å². The van der Waals surface area contributed by atoms with Gasteiger partial charge in [-0.1, -0.05) is 18.0 Å². The summed E-state index contributed by atoms with van der Waals surface area (Å²) >= 11 is 6.05. The maximum atomic E-state index is 12.6. The molecule has 2 bridgehead atoms. The Morgan fingerprint density at radius 1 is 1.30 bits per heavy atom. The van der Waals surface area contributed by atoms with Crippen molar-refractivity contribution in [3.05, 3.63) is 35.0 Å². The first-order valence-corrected chi connectivity index (χ1v) is 7.88. The summed E-state index contributed by atoms with van der Waals surface area (Å²) < 4.78 is 0. The first-order valence-electron chi connectivity index (χ1n) is 7.50. The highest BCUT2D eigenvalue weighted by atomic mass is 35.5. The molecule has 3 unspecified atom stereocenters. The normalized spacial score (nSPS) is 28.4. The lowest BCUT2D eigenvalue weighted by Gasteiger charge is -2.20. The van der Waals surface area contributed by atoms with E-state index in [-0.39, 0.29) is 5.78 Å². The summed E-state index contributed by atoms with van der Waals surface area (Å²) in [5.74, 6) is 2.59. The minimum absolute atomic E-state index is 0.274. The molecule has 4 rings (SSSR count). The quantitative estimate of drug-likeness (QED) is 0.806.